The Labute approximate surface area is 134 Å². The van der Waals surface area contributed by atoms with Crippen LogP contribution in [0.15, 0.2) is 67.1 Å². The normalized spacial score (nSPS) is 11.0. The van der Waals surface area contributed by atoms with Crippen molar-refractivity contribution in [3.05, 3.63) is 72.7 Å². The number of aromatic nitrogens is 4. The molecule has 2 aromatic heterocycles. The smallest absolute Gasteiger partial charge is 0.257 e. The molecule has 0 saturated heterocycles. The van der Waals surface area contributed by atoms with E-state index in [1.165, 1.54) is 11.1 Å². The average Bonchev–Trinajstić information content (AvgIpc) is 2.89. The molecule has 0 fully saturated rings. The summed E-state index contributed by atoms with van der Waals surface area (Å²) in [7, 11) is 2.09. The predicted octanol–water partition coefficient (Wildman–Crippen LogP) is 3.22. The third-order valence-corrected chi connectivity index (χ3v) is 4.18. The van der Waals surface area contributed by atoms with Gasteiger partial charge in [0.25, 0.3) is 5.82 Å². The van der Waals surface area contributed by atoms with Gasteiger partial charge in [-0.3, -0.25) is 4.98 Å². The van der Waals surface area contributed by atoms with Crippen LogP contribution in [0.1, 0.15) is 5.56 Å². The van der Waals surface area contributed by atoms with E-state index in [9.17, 15) is 0 Å². The summed E-state index contributed by atoms with van der Waals surface area (Å²) in [5.74, 6) is 1.92. The zero-order valence-electron chi connectivity index (χ0n) is 13.1. The highest BCUT2D eigenvalue weighted by molar-refractivity contribution is 5.79. The predicted molar refractivity (Wildman–Crippen MR) is 90.2 cm³/mol. The third-order valence-electron chi connectivity index (χ3n) is 4.18. The van der Waals surface area contributed by atoms with Crippen LogP contribution in [0.2, 0.25) is 0 Å². The Morgan fingerprint density at radius 3 is 2.52 bits per heavy atom. The summed E-state index contributed by atoms with van der Waals surface area (Å²) in [5, 5.41) is 0. The van der Waals surface area contributed by atoms with Crippen molar-refractivity contribution in [2.45, 2.75) is 6.92 Å². The molecule has 0 saturated carbocycles. The van der Waals surface area contributed by atoms with Gasteiger partial charge in [-0.1, -0.05) is 30.3 Å². The molecule has 0 bridgehead atoms. The average molecular weight is 301 g/mol. The molecule has 4 nitrogen and oxygen atoms in total. The molecule has 112 valence electrons. The molecule has 2 aromatic carbocycles. The molecule has 0 aliphatic heterocycles. The number of fused-ring (bicyclic) bond motifs is 1. The van der Waals surface area contributed by atoms with Crippen LogP contribution in [-0.2, 0) is 7.05 Å². The summed E-state index contributed by atoms with van der Waals surface area (Å²) < 4.78 is 4.39. The third kappa shape index (κ3) is 2.11. The molecule has 0 aliphatic carbocycles. The molecule has 4 rings (SSSR count). The Balaban J connectivity index is 2.16. The van der Waals surface area contributed by atoms with Gasteiger partial charge in [0.2, 0.25) is 5.82 Å². The number of rotatable bonds is 2. The maximum atomic E-state index is 4.52. The highest BCUT2D eigenvalue weighted by Crippen LogP contribution is 2.27. The lowest BCUT2D eigenvalue weighted by molar-refractivity contribution is -0.633. The summed E-state index contributed by atoms with van der Waals surface area (Å²) in [6.45, 7) is 2.13. The van der Waals surface area contributed by atoms with Crippen LogP contribution in [0.3, 0.4) is 0 Å². The van der Waals surface area contributed by atoms with E-state index in [0.717, 1.165) is 22.7 Å². The van der Waals surface area contributed by atoms with E-state index < -0.39 is 0 Å². The molecule has 2 heterocycles. The quantitative estimate of drug-likeness (QED) is 0.533. The van der Waals surface area contributed by atoms with Gasteiger partial charge in [-0.2, -0.15) is 4.57 Å². The van der Waals surface area contributed by atoms with Gasteiger partial charge in [0.15, 0.2) is 11.0 Å². The molecular formula is C19H17N4+. The lowest BCUT2D eigenvalue weighted by atomic mass is 10.1. The molecule has 0 N–H and O–H groups in total. The van der Waals surface area contributed by atoms with Crippen LogP contribution < -0.4 is 4.57 Å². The number of para-hydroxylation sites is 2. The fraction of sp³-hybridized carbons (Fsp3) is 0.105. The number of hydrogen-bond acceptors (Lipinski definition) is 2. The van der Waals surface area contributed by atoms with Gasteiger partial charge >= 0.3 is 0 Å². The Hall–Kier alpha value is -3.01. The first-order valence-electron chi connectivity index (χ1n) is 7.59. The first-order chi connectivity index (χ1) is 11.3. The zero-order valence-corrected chi connectivity index (χ0v) is 13.1. The van der Waals surface area contributed by atoms with Gasteiger partial charge < -0.3 is 0 Å². The van der Waals surface area contributed by atoms with Gasteiger partial charge in [0, 0.05) is 12.4 Å². The molecule has 4 heteroatoms. The Morgan fingerprint density at radius 2 is 1.74 bits per heavy atom. The largest absolute Gasteiger partial charge is 0.296 e. The molecule has 0 unspecified atom stereocenters. The van der Waals surface area contributed by atoms with Crippen molar-refractivity contribution in [3.63, 3.8) is 0 Å². The topological polar surface area (TPSA) is 34.6 Å². The first kappa shape index (κ1) is 13.6. The molecule has 0 aliphatic rings. The number of nitrogens with zero attached hydrogens (tertiary/aromatic N) is 4. The van der Waals surface area contributed by atoms with E-state index >= 15 is 0 Å². The Morgan fingerprint density at radius 1 is 0.957 bits per heavy atom. The van der Waals surface area contributed by atoms with E-state index in [1.54, 1.807) is 18.6 Å². The number of hydrogen-bond donors (Lipinski definition) is 0. The summed E-state index contributed by atoms with van der Waals surface area (Å²) in [5.41, 5.74) is 4.71. The van der Waals surface area contributed by atoms with Crippen LogP contribution in [0, 0.1) is 6.92 Å². The first-order valence-corrected chi connectivity index (χ1v) is 7.59. The molecule has 0 spiro atoms. The molecular weight excluding hydrogens is 284 g/mol. The van der Waals surface area contributed by atoms with Crippen molar-refractivity contribution >= 4 is 11.0 Å². The fourth-order valence-electron chi connectivity index (χ4n) is 3.08. The highest BCUT2D eigenvalue weighted by Gasteiger charge is 2.27. The minimum absolute atomic E-state index is 0.822. The second-order valence-electron chi connectivity index (χ2n) is 5.59. The van der Waals surface area contributed by atoms with Crippen LogP contribution in [0.25, 0.3) is 28.2 Å². The van der Waals surface area contributed by atoms with Crippen molar-refractivity contribution in [2.75, 3.05) is 0 Å². The summed E-state index contributed by atoms with van der Waals surface area (Å²) in [6.07, 6.45) is 5.22. The summed E-state index contributed by atoms with van der Waals surface area (Å²) >= 11 is 0. The van der Waals surface area contributed by atoms with Crippen molar-refractivity contribution in [2.24, 2.45) is 7.05 Å². The van der Waals surface area contributed by atoms with E-state index in [-0.39, 0.29) is 0 Å². The van der Waals surface area contributed by atoms with Gasteiger partial charge in [0.05, 0.1) is 18.8 Å². The number of imidazole rings is 1. The van der Waals surface area contributed by atoms with E-state index in [0.29, 0.717) is 0 Å². The van der Waals surface area contributed by atoms with E-state index in [1.807, 2.05) is 0 Å². The number of benzene rings is 2. The maximum absolute atomic E-state index is 4.52. The van der Waals surface area contributed by atoms with Gasteiger partial charge in [-0.15, -0.1) is 0 Å². The fourth-order valence-corrected chi connectivity index (χ4v) is 3.08. The second kappa shape index (κ2) is 5.32. The summed E-state index contributed by atoms with van der Waals surface area (Å²) in [4.78, 5) is 8.76. The minimum Gasteiger partial charge on any atom is -0.257 e. The zero-order chi connectivity index (χ0) is 15.8. The van der Waals surface area contributed by atoms with Crippen LogP contribution in [0.5, 0.6) is 0 Å². The summed E-state index contributed by atoms with van der Waals surface area (Å²) in [6, 6.07) is 16.8. The Kier molecular flexibility index (Phi) is 3.15. The van der Waals surface area contributed by atoms with Crippen molar-refractivity contribution in [3.8, 4) is 17.2 Å². The van der Waals surface area contributed by atoms with Crippen LogP contribution in [-0.4, -0.2) is 14.5 Å². The van der Waals surface area contributed by atoms with Gasteiger partial charge in [-0.05, 0) is 30.7 Å². The van der Waals surface area contributed by atoms with E-state index in [2.05, 4.69) is 81.6 Å². The minimum atomic E-state index is 0.822. The maximum Gasteiger partial charge on any atom is 0.296 e. The molecule has 0 atom stereocenters. The molecule has 23 heavy (non-hydrogen) atoms. The highest BCUT2D eigenvalue weighted by atomic mass is 15.2. The van der Waals surface area contributed by atoms with Crippen LogP contribution in [0.4, 0.5) is 0 Å². The Bertz CT molecular complexity index is 987. The number of aryl methyl sites for hydroxylation is 2. The monoisotopic (exact) mass is 301 g/mol. The van der Waals surface area contributed by atoms with Gasteiger partial charge in [0.1, 0.15) is 0 Å². The van der Waals surface area contributed by atoms with Gasteiger partial charge in [-0.25, -0.2) is 9.55 Å². The lowest BCUT2D eigenvalue weighted by Crippen LogP contribution is -2.30. The van der Waals surface area contributed by atoms with Crippen molar-refractivity contribution < 1.29 is 4.57 Å². The van der Waals surface area contributed by atoms with Crippen molar-refractivity contribution in [1.82, 2.24) is 14.5 Å². The molecule has 4 aromatic rings. The second-order valence-corrected chi connectivity index (χ2v) is 5.59. The van der Waals surface area contributed by atoms with Crippen LogP contribution >= 0.6 is 0 Å². The standard InChI is InChI=1S/C19H17N4/c1-14-7-3-4-8-15(14)19-22(2)16-9-5-6-10-17(16)23(19)18-13-20-11-12-21-18/h3-13H,1-2H3/q+1. The van der Waals surface area contributed by atoms with E-state index in [4.69, 9.17) is 0 Å². The lowest BCUT2D eigenvalue weighted by Gasteiger charge is -2.05. The SMILES string of the molecule is Cc1ccccc1-c1n(-c2cnccn2)c2ccccc2[n+]1C. The molecule has 0 radical (unpaired) electrons. The molecule has 0 amide bonds. The van der Waals surface area contributed by atoms with Crippen molar-refractivity contribution in [1.29, 1.82) is 0 Å².